The maximum Gasteiger partial charge on any atom is 0.340 e. The Morgan fingerprint density at radius 3 is 2.37 bits per heavy atom. The van der Waals surface area contributed by atoms with Gasteiger partial charge >= 0.3 is 10.1 Å². The quantitative estimate of drug-likeness (QED) is 0.270. The Labute approximate surface area is 207 Å². The molecular formula is C26H21ClFNO5S. The third-order valence-electron chi connectivity index (χ3n) is 5.20. The Morgan fingerprint density at radius 1 is 0.971 bits per heavy atom. The van der Waals surface area contributed by atoms with Crippen LogP contribution in [-0.4, -0.2) is 19.2 Å². The van der Waals surface area contributed by atoms with Crippen LogP contribution in [0.2, 0.25) is 5.02 Å². The molecule has 0 aliphatic carbocycles. The van der Waals surface area contributed by atoms with E-state index < -0.39 is 10.1 Å². The van der Waals surface area contributed by atoms with Gasteiger partial charge in [0.2, 0.25) is 0 Å². The van der Waals surface area contributed by atoms with E-state index in [1.807, 2.05) is 0 Å². The summed E-state index contributed by atoms with van der Waals surface area (Å²) in [7, 11) is -4.19. The van der Waals surface area contributed by atoms with Crippen molar-refractivity contribution in [3.63, 3.8) is 0 Å². The van der Waals surface area contributed by atoms with E-state index in [0.717, 1.165) is 5.56 Å². The van der Waals surface area contributed by atoms with Gasteiger partial charge in [0.1, 0.15) is 16.5 Å². The van der Waals surface area contributed by atoms with Crippen molar-refractivity contribution in [2.75, 3.05) is 0 Å². The predicted octanol–water partition coefficient (Wildman–Crippen LogP) is 5.99. The second kappa shape index (κ2) is 10.3. The maximum absolute atomic E-state index is 13.3. The third kappa shape index (κ3) is 5.90. The van der Waals surface area contributed by atoms with Crippen molar-refractivity contribution in [3.8, 4) is 5.75 Å². The van der Waals surface area contributed by atoms with Crippen LogP contribution in [0.4, 0.5) is 4.39 Å². The number of hydrogen-bond donors (Lipinski definition) is 0. The molecule has 0 N–H and O–H groups in total. The summed E-state index contributed by atoms with van der Waals surface area (Å²) in [5, 5.41) is 0.0654. The van der Waals surface area contributed by atoms with Gasteiger partial charge in [-0.15, -0.1) is 0 Å². The summed E-state index contributed by atoms with van der Waals surface area (Å²) in [5.74, 6) is -0.521. The summed E-state index contributed by atoms with van der Waals surface area (Å²) in [4.78, 5) is 14.5. The smallest absolute Gasteiger partial charge is 0.340 e. The summed E-state index contributed by atoms with van der Waals surface area (Å²) >= 11 is 6.12. The number of benzene rings is 3. The molecule has 0 aliphatic rings. The number of rotatable bonds is 8. The lowest BCUT2D eigenvalue weighted by Crippen LogP contribution is -2.29. The Kier molecular flexibility index (Phi) is 7.23. The number of halogens is 2. The number of furan rings is 1. The molecule has 0 aliphatic heterocycles. The molecule has 4 rings (SSSR count). The van der Waals surface area contributed by atoms with Crippen LogP contribution in [0, 0.1) is 12.7 Å². The molecular weight excluding hydrogens is 493 g/mol. The summed E-state index contributed by atoms with van der Waals surface area (Å²) in [6.45, 7) is 1.94. The fourth-order valence-electron chi connectivity index (χ4n) is 3.58. The zero-order chi connectivity index (χ0) is 25.0. The minimum absolute atomic E-state index is 0.0654. The molecule has 9 heteroatoms. The SMILES string of the molecule is Cc1cccc(Cl)c1S(=O)(=O)Oc1cccc(CN(Cc2ccc(F)cc2)C(=O)c2ccco2)c1. The third-order valence-corrected chi connectivity index (χ3v) is 7.08. The van der Waals surface area contributed by atoms with Crippen molar-refractivity contribution in [3.05, 3.63) is 118 Å². The first kappa shape index (κ1) is 24.5. The first-order valence-electron chi connectivity index (χ1n) is 10.6. The van der Waals surface area contributed by atoms with Crippen LogP contribution in [-0.2, 0) is 23.2 Å². The molecule has 0 saturated heterocycles. The molecule has 0 bridgehead atoms. The van der Waals surface area contributed by atoms with E-state index in [4.69, 9.17) is 20.2 Å². The van der Waals surface area contributed by atoms with Gasteiger partial charge in [0.25, 0.3) is 5.91 Å². The molecule has 3 aromatic carbocycles. The second-order valence-electron chi connectivity index (χ2n) is 7.84. The van der Waals surface area contributed by atoms with Crippen molar-refractivity contribution in [1.82, 2.24) is 4.90 Å². The lowest BCUT2D eigenvalue weighted by molar-refractivity contribution is 0.0697. The molecule has 0 atom stereocenters. The Balaban J connectivity index is 1.59. The van der Waals surface area contributed by atoms with Crippen molar-refractivity contribution in [1.29, 1.82) is 0 Å². The molecule has 0 fully saturated rings. The fourth-order valence-corrected chi connectivity index (χ4v) is 5.30. The summed E-state index contributed by atoms with van der Waals surface area (Å²) < 4.78 is 49.8. The van der Waals surface area contributed by atoms with Crippen LogP contribution in [0.25, 0.3) is 0 Å². The van der Waals surface area contributed by atoms with Crippen LogP contribution in [0.15, 0.2) is 94.4 Å². The average molecular weight is 514 g/mol. The second-order valence-corrected chi connectivity index (χ2v) is 9.73. The van der Waals surface area contributed by atoms with Crippen molar-refractivity contribution in [2.24, 2.45) is 0 Å². The molecule has 6 nitrogen and oxygen atoms in total. The van der Waals surface area contributed by atoms with E-state index >= 15 is 0 Å². The fraction of sp³-hybridized carbons (Fsp3) is 0.115. The number of amides is 1. The summed E-state index contributed by atoms with van der Waals surface area (Å²) in [6.07, 6.45) is 1.40. The van der Waals surface area contributed by atoms with E-state index in [2.05, 4.69) is 0 Å². The van der Waals surface area contributed by atoms with Crippen LogP contribution in [0.5, 0.6) is 5.75 Å². The molecule has 1 amide bonds. The highest BCUT2D eigenvalue weighted by Crippen LogP contribution is 2.28. The Hall–Kier alpha value is -3.62. The van der Waals surface area contributed by atoms with Gasteiger partial charge in [-0.2, -0.15) is 8.42 Å². The van der Waals surface area contributed by atoms with Crippen molar-refractivity contribution in [2.45, 2.75) is 24.9 Å². The highest BCUT2D eigenvalue weighted by molar-refractivity contribution is 7.87. The maximum atomic E-state index is 13.3. The van der Waals surface area contributed by atoms with Crippen molar-refractivity contribution >= 4 is 27.6 Å². The molecule has 180 valence electrons. The van der Waals surface area contributed by atoms with E-state index in [1.165, 1.54) is 41.5 Å². The normalized spacial score (nSPS) is 11.3. The topological polar surface area (TPSA) is 76.8 Å². The van der Waals surface area contributed by atoms with Gasteiger partial charge in [-0.05, 0) is 66.1 Å². The minimum atomic E-state index is -4.19. The predicted molar refractivity (Wildman–Crippen MR) is 129 cm³/mol. The molecule has 1 heterocycles. The molecule has 0 spiro atoms. The number of hydrogen-bond acceptors (Lipinski definition) is 5. The molecule has 0 saturated carbocycles. The highest BCUT2D eigenvalue weighted by Gasteiger charge is 2.24. The first-order chi connectivity index (χ1) is 16.7. The number of nitrogens with zero attached hydrogens (tertiary/aromatic N) is 1. The number of aryl methyl sites for hydroxylation is 1. The number of carbonyl (C=O) groups excluding carboxylic acids is 1. The zero-order valence-electron chi connectivity index (χ0n) is 18.6. The van der Waals surface area contributed by atoms with E-state index in [0.29, 0.717) is 11.1 Å². The van der Waals surface area contributed by atoms with E-state index in [1.54, 1.807) is 55.5 Å². The van der Waals surface area contributed by atoms with E-state index in [9.17, 15) is 17.6 Å². The first-order valence-corrected chi connectivity index (χ1v) is 12.4. The zero-order valence-corrected chi connectivity index (χ0v) is 20.2. The van der Waals surface area contributed by atoms with Gasteiger partial charge in [-0.25, -0.2) is 4.39 Å². The molecule has 4 aromatic rings. The lowest BCUT2D eigenvalue weighted by atomic mass is 10.1. The largest absolute Gasteiger partial charge is 0.459 e. The van der Waals surface area contributed by atoms with Gasteiger partial charge in [-0.3, -0.25) is 4.79 Å². The number of carbonyl (C=O) groups is 1. The van der Waals surface area contributed by atoms with E-state index in [-0.39, 0.29) is 46.2 Å². The summed E-state index contributed by atoms with van der Waals surface area (Å²) in [5.41, 5.74) is 1.80. The van der Waals surface area contributed by atoms with Gasteiger partial charge < -0.3 is 13.5 Å². The Morgan fingerprint density at radius 2 is 1.69 bits per heavy atom. The van der Waals surface area contributed by atoms with Gasteiger partial charge in [0, 0.05) is 13.1 Å². The standard InChI is InChI=1S/C26H21ClFNO5S/c1-18-5-2-8-23(27)25(18)35(31,32)34-22-7-3-6-20(15-22)17-29(26(30)24-9-4-14-33-24)16-19-10-12-21(28)13-11-19/h2-15H,16-17H2,1H3. The van der Waals surface area contributed by atoms with Crippen LogP contribution in [0.3, 0.4) is 0 Å². The van der Waals surface area contributed by atoms with Crippen LogP contribution >= 0.6 is 11.6 Å². The molecule has 35 heavy (non-hydrogen) atoms. The molecule has 1 aromatic heterocycles. The molecule has 0 radical (unpaired) electrons. The van der Waals surface area contributed by atoms with Crippen LogP contribution in [0.1, 0.15) is 27.2 Å². The van der Waals surface area contributed by atoms with Gasteiger partial charge in [-0.1, -0.05) is 48.0 Å². The van der Waals surface area contributed by atoms with Crippen molar-refractivity contribution < 1.29 is 26.2 Å². The van der Waals surface area contributed by atoms with Gasteiger partial charge in [0.05, 0.1) is 11.3 Å². The monoisotopic (exact) mass is 513 g/mol. The molecule has 0 unspecified atom stereocenters. The highest BCUT2D eigenvalue weighted by atomic mass is 35.5. The van der Waals surface area contributed by atoms with Gasteiger partial charge in [0.15, 0.2) is 5.76 Å². The van der Waals surface area contributed by atoms with Crippen LogP contribution < -0.4 is 4.18 Å². The lowest BCUT2D eigenvalue weighted by Gasteiger charge is -2.22. The average Bonchev–Trinajstić information content (AvgIpc) is 3.34. The Bertz CT molecular complexity index is 1420. The minimum Gasteiger partial charge on any atom is -0.459 e. The summed E-state index contributed by atoms with van der Waals surface area (Å²) in [6, 6.07) is 20.2.